The molecule has 0 aliphatic heterocycles. The lowest BCUT2D eigenvalue weighted by atomic mass is 9.91. The Kier molecular flexibility index (Phi) is 6.01. The number of carbonyl (C=O) groups is 1. The molecule has 3 nitrogen and oxygen atoms in total. The summed E-state index contributed by atoms with van der Waals surface area (Å²) in [6.45, 7) is 0.516. The lowest BCUT2D eigenvalue weighted by molar-refractivity contribution is -0.132. The van der Waals surface area contributed by atoms with Gasteiger partial charge in [-0.2, -0.15) is 0 Å². The normalized spacial score (nSPS) is 15.3. The average molecular weight is 320 g/mol. The molecule has 1 aromatic heterocycles. The molecule has 0 saturated heterocycles. The summed E-state index contributed by atoms with van der Waals surface area (Å²) in [4.78, 5) is 15.2. The molecule has 0 atom stereocenters. The molecule has 6 heteroatoms. The molecule has 19 heavy (non-hydrogen) atoms. The van der Waals surface area contributed by atoms with Gasteiger partial charge in [-0.05, 0) is 31.4 Å². The second-order valence-corrected chi connectivity index (χ2v) is 7.38. The van der Waals surface area contributed by atoms with E-state index in [1.165, 1.54) is 11.3 Å². The Bertz CT molecular complexity index is 421. The van der Waals surface area contributed by atoms with Crippen LogP contribution in [0.1, 0.15) is 24.1 Å². The maximum absolute atomic E-state index is 12.1. The van der Waals surface area contributed by atoms with E-state index in [1.54, 1.807) is 23.1 Å². The summed E-state index contributed by atoms with van der Waals surface area (Å²) in [6.07, 6.45) is 3.36. The zero-order valence-electron chi connectivity index (χ0n) is 10.7. The Morgan fingerprint density at radius 3 is 2.84 bits per heavy atom. The lowest BCUT2D eigenvalue weighted by Crippen LogP contribution is -2.46. The first-order valence-electron chi connectivity index (χ1n) is 6.43. The van der Waals surface area contributed by atoms with Crippen LogP contribution < -0.4 is 0 Å². The Morgan fingerprint density at radius 1 is 1.53 bits per heavy atom. The van der Waals surface area contributed by atoms with Crippen LogP contribution in [0.5, 0.6) is 0 Å². The minimum atomic E-state index is 0.0490. The summed E-state index contributed by atoms with van der Waals surface area (Å²) < 4.78 is 0.790. The molecule has 2 rings (SSSR count). The smallest absolute Gasteiger partial charge is 0.232 e. The third-order valence-corrected chi connectivity index (χ3v) is 5.66. The van der Waals surface area contributed by atoms with Crippen LogP contribution in [0, 0.1) is 0 Å². The summed E-state index contributed by atoms with van der Waals surface area (Å²) in [5, 5.41) is 9.05. The number of hydrogen-bond donors (Lipinski definition) is 1. The molecule has 1 N–H and O–H groups in total. The maximum Gasteiger partial charge on any atom is 0.232 e. The summed E-state index contributed by atoms with van der Waals surface area (Å²) in [5.41, 5.74) is 0. The van der Waals surface area contributed by atoms with Gasteiger partial charge in [0.05, 0.1) is 16.7 Å². The van der Waals surface area contributed by atoms with E-state index in [0.717, 1.165) is 22.9 Å². The molecule has 0 aromatic carbocycles. The van der Waals surface area contributed by atoms with Crippen molar-refractivity contribution in [2.24, 2.45) is 0 Å². The molecule has 0 bridgehead atoms. The van der Waals surface area contributed by atoms with Gasteiger partial charge >= 0.3 is 0 Å². The molecule has 1 aromatic rings. The topological polar surface area (TPSA) is 40.5 Å². The number of halogens is 1. The Hall–Kier alpha value is -0.230. The van der Waals surface area contributed by atoms with Crippen LogP contribution in [0.2, 0.25) is 4.34 Å². The number of nitrogens with zero attached hydrogens (tertiary/aromatic N) is 1. The van der Waals surface area contributed by atoms with Gasteiger partial charge in [-0.15, -0.1) is 23.1 Å². The van der Waals surface area contributed by atoms with Crippen LogP contribution in [0.4, 0.5) is 0 Å². The van der Waals surface area contributed by atoms with Gasteiger partial charge in [-0.3, -0.25) is 4.79 Å². The van der Waals surface area contributed by atoms with Crippen molar-refractivity contribution in [3.8, 4) is 0 Å². The molecule has 1 fully saturated rings. The van der Waals surface area contributed by atoms with Gasteiger partial charge in [-0.25, -0.2) is 0 Å². The van der Waals surface area contributed by atoms with Gasteiger partial charge in [0.15, 0.2) is 0 Å². The molecule has 0 unspecified atom stereocenters. The van der Waals surface area contributed by atoms with Crippen molar-refractivity contribution in [3.63, 3.8) is 0 Å². The van der Waals surface area contributed by atoms with Gasteiger partial charge in [0, 0.05) is 23.2 Å². The van der Waals surface area contributed by atoms with E-state index in [4.69, 9.17) is 16.7 Å². The number of hydrogen-bond acceptors (Lipinski definition) is 4. The molecule has 1 saturated carbocycles. The standard InChI is InChI=1S/C13H18ClNO2S2/c14-12-5-4-11(19-12)8-18-9-13(17)15(6-7-16)10-2-1-3-10/h4-5,10,16H,1-3,6-9H2. The number of amides is 1. The van der Waals surface area contributed by atoms with E-state index in [1.807, 2.05) is 17.0 Å². The summed E-state index contributed by atoms with van der Waals surface area (Å²) >= 11 is 9.04. The van der Waals surface area contributed by atoms with Crippen LogP contribution in [0.3, 0.4) is 0 Å². The number of aliphatic hydroxyl groups is 1. The van der Waals surface area contributed by atoms with E-state index < -0.39 is 0 Å². The van der Waals surface area contributed by atoms with Crippen molar-refractivity contribution < 1.29 is 9.90 Å². The Labute approximate surface area is 126 Å². The number of thiophene rings is 1. The molecular formula is C13H18ClNO2S2. The van der Waals surface area contributed by atoms with E-state index in [-0.39, 0.29) is 12.5 Å². The average Bonchev–Trinajstić information content (AvgIpc) is 2.72. The van der Waals surface area contributed by atoms with Crippen LogP contribution in [0.15, 0.2) is 12.1 Å². The quantitative estimate of drug-likeness (QED) is 0.840. The van der Waals surface area contributed by atoms with Gasteiger partial charge in [0.2, 0.25) is 5.91 Å². The number of aliphatic hydroxyl groups excluding tert-OH is 1. The fourth-order valence-electron chi connectivity index (χ4n) is 2.07. The molecule has 1 aliphatic rings. The Balaban J connectivity index is 1.75. The van der Waals surface area contributed by atoms with Gasteiger partial charge < -0.3 is 10.0 Å². The lowest BCUT2D eigenvalue weighted by Gasteiger charge is -2.37. The van der Waals surface area contributed by atoms with E-state index in [2.05, 4.69) is 0 Å². The van der Waals surface area contributed by atoms with Crippen LogP contribution in [0.25, 0.3) is 0 Å². The highest BCUT2D eigenvalue weighted by Crippen LogP contribution is 2.27. The molecular weight excluding hydrogens is 302 g/mol. The second-order valence-electron chi connectivity index (χ2n) is 4.59. The van der Waals surface area contributed by atoms with Crippen molar-refractivity contribution in [1.82, 2.24) is 4.90 Å². The summed E-state index contributed by atoms with van der Waals surface area (Å²) in [6, 6.07) is 4.24. The van der Waals surface area contributed by atoms with Gasteiger partial charge in [0.25, 0.3) is 0 Å². The highest BCUT2D eigenvalue weighted by molar-refractivity contribution is 7.99. The number of rotatable bonds is 7. The van der Waals surface area contributed by atoms with Crippen LogP contribution >= 0.6 is 34.7 Å². The third kappa shape index (κ3) is 4.38. The first-order chi connectivity index (χ1) is 9.20. The maximum atomic E-state index is 12.1. The molecule has 0 spiro atoms. The highest BCUT2D eigenvalue weighted by Gasteiger charge is 2.27. The minimum Gasteiger partial charge on any atom is -0.395 e. The fraction of sp³-hybridized carbons (Fsp3) is 0.615. The molecule has 106 valence electrons. The number of carbonyl (C=O) groups excluding carboxylic acids is 1. The van der Waals surface area contributed by atoms with E-state index in [0.29, 0.717) is 18.3 Å². The number of thioether (sulfide) groups is 1. The first kappa shape index (κ1) is 15.2. The molecule has 1 aliphatic carbocycles. The van der Waals surface area contributed by atoms with E-state index in [9.17, 15) is 4.79 Å². The van der Waals surface area contributed by atoms with Crippen molar-refractivity contribution in [2.75, 3.05) is 18.9 Å². The minimum absolute atomic E-state index is 0.0490. The summed E-state index contributed by atoms with van der Waals surface area (Å²) in [7, 11) is 0. The van der Waals surface area contributed by atoms with Gasteiger partial charge in [0.1, 0.15) is 0 Å². The fourth-order valence-corrected chi connectivity index (χ4v) is 4.18. The molecule has 0 radical (unpaired) electrons. The predicted octanol–water partition coefficient (Wildman–Crippen LogP) is 3.01. The van der Waals surface area contributed by atoms with Crippen LogP contribution in [-0.2, 0) is 10.5 Å². The predicted molar refractivity (Wildman–Crippen MR) is 81.9 cm³/mol. The van der Waals surface area contributed by atoms with Crippen molar-refractivity contribution >= 4 is 40.6 Å². The van der Waals surface area contributed by atoms with Crippen molar-refractivity contribution in [3.05, 3.63) is 21.3 Å². The van der Waals surface area contributed by atoms with Gasteiger partial charge in [-0.1, -0.05) is 11.6 Å². The largest absolute Gasteiger partial charge is 0.395 e. The zero-order chi connectivity index (χ0) is 13.7. The van der Waals surface area contributed by atoms with E-state index >= 15 is 0 Å². The monoisotopic (exact) mass is 319 g/mol. The highest BCUT2D eigenvalue weighted by atomic mass is 35.5. The van der Waals surface area contributed by atoms with Crippen molar-refractivity contribution in [2.45, 2.75) is 31.1 Å². The molecule has 1 amide bonds. The second kappa shape index (κ2) is 7.53. The summed E-state index contributed by atoms with van der Waals surface area (Å²) in [5.74, 6) is 1.44. The Morgan fingerprint density at radius 2 is 2.32 bits per heavy atom. The first-order valence-corrected chi connectivity index (χ1v) is 8.78. The zero-order valence-corrected chi connectivity index (χ0v) is 13.1. The SMILES string of the molecule is O=C(CSCc1ccc(Cl)s1)N(CCO)C1CCC1. The molecule has 1 heterocycles. The van der Waals surface area contributed by atoms with Crippen molar-refractivity contribution in [1.29, 1.82) is 0 Å². The third-order valence-electron chi connectivity index (χ3n) is 3.28. The van der Waals surface area contributed by atoms with Crippen LogP contribution in [-0.4, -0.2) is 40.9 Å².